The lowest BCUT2D eigenvalue weighted by Gasteiger charge is -2.21. The summed E-state index contributed by atoms with van der Waals surface area (Å²) in [5.41, 5.74) is 2.03. The fourth-order valence-electron chi connectivity index (χ4n) is 2.00. The zero-order chi connectivity index (χ0) is 14.4. The molecule has 100 valence electrons. The third-order valence-corrected chi connectivity index (χ3v) is 2.95. The van der Waals surface area contributed by atoms with Gasteiger partial charge in [-0.25, -0.2) is 0 Å². The molecule has 2 rings (SSSR count). The third kappa shape index (κ3) is 3.01. The van der Waals surface area contributed by atoms with Gasteiger partial charge in [-0.05, 0) is 31.2 Å². The summed E-state index contributed by atoms with van der Waals surface area (Å²) in [5, 5.41) is 8.70. The molecule has 0 radical (unpaired) electrons. The average molecular weight is 265 g/mol. The van der Waals surface area contributed by atoms with E-state index in [0.717, 1.165) is 5.69 Å². The number of benzene rings is 1. The van der Waals surface area contributed by atoms with Crippen molar-refractivity contribution >= 4 is 11.6 Å². The van der Waals surface area contributed by atoms with E-state index in [-0.39, 0.29) is 12.3 Å². The van der Waals surface area contributed by atoms with Gasteiger partial charge in [-0.2, -0.15) is 5.26 Å². The van der Waals surface area contributed by atoms with Crippen LogP contribution in [0.2, 0.25) is 0 Å². The van der Waals surface area contributed by atoms with Crippen molar-refractivity contribution in [2.45, 2.75) is 13.3 Å². The molecule has 0 aliphatic heterocycles. The molecule has 0 saturated carbocycles. The summed E-state index contributed by atoms with van der Waals surface area (Å²) >= 11 is 0. The van der Waals surface area contributed by atoms with Gasteiger partial charge in [0, 0.05) is 24.0 Å². The minimum Gasteiger partial charge on any atom is -0.309 e. The highest BCUT2D eigenvalue weighted by Gasteiger charge is 2.16. The highest BCUT2D eigenvalue weighted by atomic mass is 16.2. The first kappa shape index (κ1) is 13.8. The second-order valence-corrected chi connectivity index (χ2v) is 4.26. The molecule has 1 heterocycles. The summed E-state index contributed by atoms with van der Waals surface area (Å²) in [6.45, 7) is 2.51. The van der Waals surface area contributed by atoms with Crippen LogP contribution in [0.25, 0.3) is 0 Å². The van der Waals surface area contributed by atoms with Gasteiger partial charge < -0.3 is 4.90 Å². The van der Waals surface area contributed by atoms with Crippen molar-refractivity contribution in [3.63, 3.8) is 0 Å². The smallest absolute Gasteiger partial charge is 0.258 e. The number of nitrogens with zero attached hydrogens (tertiary/aromatic N) is 3. The summed E-state index contributed by atoms with van der Waals surface area (Å²) in [4.78, 5) is 18.3. The van der Waals surface area contributed by atoms with Crippen molar-refractivity contribution in [2.24, 2.45) is 0 Å². The Morgan fingerprint density at radius 2 is 2.05 bits per heavy atom. The number of hydrogen-bond donors (Lipinski definition) is 0. The molecule has 1 amide bonds. The van der Waals surface area contributed by atoms with Crippen LogP contribution in [0.15, 0.2) is 48.7 Å². The van der Waals surface area contributed by atoms with Crippen molar-refractivity contribution in [2.75, 3.05) is 11.4 Å². The van der Waals surface area contributed by atoms with E-state index in [9.17, 15) is 4.79 Å². The lowest BCUT2D eigenvalue weighted by molar-refractivity contribution is 0.0988. The van der Waals surface area contributed by atoms with Crippen LogP contribution in [-0.2, 0) is 6.42 Å². The predicted octanol–water partition coefficient (Wildman–Crippen LogP) is 2.81. The molecule has 2 aromatic rings. The van der Waals surface area contributed by atoms with Gasteiger partial charge in [0.1, 0.15) is 0 Å². The Morgan fingerprint density at radius 3 is 2.70 bits per heavy atom. The fourth-order valence-corrected chi connectivity index (χ4v) is 2.00. The zero-order valence-corrected chi connectivity index (χ0v) is 11.3. The first-order valence-electron chi connectivity index (χ1n) is 6.45. The zero-order valence-electron chi connectivity index (χ0n) is 11.3. The number of para-hydroxylation sites is 1. The van der Waals surface area contributed by atoms with E-state index in [1.165, 1.54) is 0 Å². The second-order valence-electron chi connectivity index (χ2n) is 4.26. The number of nitriles is 1. The number of rotatable bonds is 4. The van der Waals surface area contributed by atoms with Gasteiger partial charge in [0.05, 0.1) is 18.2 Å². The van der Waals surface area contributed by atoms with Gasteiger partial charge in [-0.3, -0.25) is 9.78 Å². The summed E-state index contributed by atoms with van der Waals surface area (Å²) in [6, 6.07) is 14.9. The van der Waals surface area contributed by atoms with Crippen LogP contribution >= 0.6 is 0 Å². The van der Waals surface area contributed by atoms with Crippen molar-refractivity contribution < 1.29 is 4.79 Å². The van der Waals surface area contributed by atoms with E-state index in [0.29, 0.717) is 17.8 Å². The molecule has 1 aromatic carbocycles. The van der Waals surface area contributed by atoms with Gasteiger partial charge in [0.2, 0.25) is 0 Å². The van der Waals surface area contributed by atoms with Gasteiger partial charge in [0.25, 0.3) is 5.91 Å². The van der Waals surface area contributed by atoms with E-state index in [1.54, 1.807) is 23.2 Å². The highest BCUT2D eigenvalue weighted by Crippen LogP contribution is 2.16. The second kappa shape index (κ2) is 6.48. The number of anilines is 1. The minimum absolute atomic E-state index is 0.0831. The molecule has 20 heavy (non-hydrogen) atoms. The van der Waals surface area contributed by atoms with E-state index in [1.807, 2.05) is 43.3 Å². The summed E-state index contributed by atoms with van der Waals surface area (Å²) < 4.78 is 0. The lowest BCUT2D eigenvalue weighted by atomic mass is 10.1. The molecule has 0 atom stereocenters. The van der Waals surface area contributed by atoms with Crippen molar-refractivity contribution in [3.8, 4) is 6.07 Å². The van der Waals surface area contributed by atoms with Gasteiger partial charge in [0.15, 0.2) is 0 Å². The quantitative estimate of drug-likeness (QED) is 0.854. The van der Waals surface area contributed by atoms with Crippen molar-refractivity contribution in [1.82, 2.24) is 4.98 Å². The fraction of sp³-hybridized carbons (Fsp3) is 0.188. The topological polar surface area (TPSA) is 57.0 Å². The maximum Gasteiger partial charge on any atom is 0.258 e. The summed E-state index contributed by atoms with van der Waals surface area (Å²) in [6.07, 6.45) is 1.78. The van der Waals surface area contributed by atoms with Crippen LogP contribution < -0.4 is 4.90 Å². The molecule has 0 saturated heterocycles. The maximum absolute atomic E-state index is 12.5. The normalized spacial score (nSPS) is 9.80. The number of pyridine rings is 1. The van der Waals surface area contributed by atoms with Gasteiger partial charge in [-0.15, -0.1) is 0 Å². The lowest BCUT2D eigenvalue weighted by Crippen LogP contribution is -2.30. The number of carbonyl (C=O) groups is 1. The first-order chi connectivity index (χ1) is 9.76. The number of aromatic nitrogens is 1. The molecule has 0 bridgehead atoms. The molecule has 0 aliphatic rings. The number of carbonyl (C=O) groups excluding carboxylic acids is 1. The molecule has 0 aliphatic carbocycles. The molecular weight excluding hydrogens is 250 g/mol. The van der Waals surface area contributed by atoms with Crippen LogP contribution in [0.3, 0.4) is 0 Å². The van der Waals surface area contributed by atoms with Crippen LogP contribution in [-0.4, -0.2) is 17.4 Å². The SMILES string of the molecule is CCN(C(=O)c1ccnc(CC#N)c1)c1ccccc1. The van der Waals surface area contributed by atoms with Crippen LogP contribution in [0.5, 0.6) is 0 Å². The Hall–Kier alpha value is -2.67. The maximum atomic E-state index is 12.5. The van der Waals surface area contributed by atoms with E-state index in [2.05, 4.69) is 4.98 Å². The van der Waals surface area contributed by atoms with E-state index >= 15 is 0 Å². The Balaban J connectivity index is 2.30. The predicted molar refractivity (Wildman–Crippen MR) is 77.3 cm³/mol. The monoisotopic (exact) mass is 265 g/mol. The Kier molecular flexibility index (Phi) is 4.46. The molecule has 4 nitrogen and oxygen atoms in total. The Morgan fingerprint density at radius 1 is 1.30 bits per heavy atom. The molecular formula is C16H15N3O. The third-order valence-electron chi connectivity index (χ3n) is 2.95. The first-order valence-corrected chi connectivity index (χ1v) is 6.45. The molecule has 0 unspecified atom stereocenters. The minimum atomic E-state index is -0.0831. The molecule has 0 N–H and O–H groups in total. The molecule has 0 spiro atoms. The van der Waals surface area contributed by atoms with E-state index in [4.69, 9.17) is 5.26 Å². The van der Waals surface area contributed by atoms with Gasteiger partial charge >= 0.3 is 0 Å². The van der Waals surface area contributed by atoms with Crippen molar-refractivity contribution in [3.05, 3.63) is 59.9 Å². The number of hydrogen-bond acceptors (Lipinski definition) is 3. The largest absolute Gasteiger partial charge is 0.309 e. The average Bonchev–Trinajstić information content (AvgIpc) is 2.50. The summed E-state index contributed by atoms with van der Waals surface area (Å²) in [7, 11) is 0. The van der Waals surface area contributed by atoms with Gasteiger partial charge in [-0.1, -0.05) is 18.2 Å². The summed E-state index contributed by atoms with van der Waals surface area (Å²) in [5.74, 6) is -0.0831. The van der Waals surface area contributed by atoms with Crippen molar-refractivity contribution in [1.29, 1.82) is 5.26 Å². The standard InChI is InChI=1S/C16H15N3O/c1-2-19(15-6-4-3-5-7-15)16(20)13-9-11-18-14(12-13)8-10-17/h3-7,9,11-12H,2,8H2,1H3. The Bertz CT molecular complexity index is 632. The Labute approximate surface area is 118 Å². The van der Waals surface area contributed by atoms with E-state index < -0.39 is 0 Å². The molecule has 4 heteroatoms. The van der Waals surface area contributed by atoms with Crippen LogP contribution in [0, 0.1) is 11.3 Å². The number of amides is 1. The highest BCUT2D eigenvalue weighted by molar-refractivity contribution is 6.06. The molecule has 0 fully saturated rings. The molecule has 1 aromatic heterocycles. The van der Waals surface area contributed by atoms with Crippen LogP contribution in [0.4, 0.5) is 5.69 Å². The van der Waals surface area contributed by atoms with Crippen LogP contribution in [0.1, 0.15) is 23.0 Å².